The van der Waals surface area contributed by atoms with Crippen molar-refractivity contribution in [1.29, 1.82) is 0 Å². The highest BCUT2D eigenvalue weighted by Gasteiger charge is 2.54. The number of amides is 2. The number of nitrogens with one attached hydrogen (secondary N) is 2. The first-order chi connectivity index (χ1) is 20.2. The predicted molar refractivity (Wildman–Crippen MR) is 138 cm³/mol. The topological polar surface area (TPSA) is 163 Å². The lowest BCUT2D eigenvalue weighted by Gasteiger charge is -2.39. The molecule has 2 aliphatic rings. The van der Waals surface area contributed by atoms with E-state index in [1.165, 1.54) is 34.7 Å². The number of aryl methyl sites for hydroxylation is 1. The first kappa shape index (κ1) is 20.5. The van der Waals surface area contributed by atoms with E-state index in [0.29, 0.717) is 16.5 Å². The van der Waals surface area contributed by atoms with Crippen LogP contribution < -0.4 is 22.1 Å². The van der Waals surface area contributed by atoms with Crippen LogP contribution in [0.4, 0.5) is 20.8 Å². The Morgan fingerprint density at radius 1 is 1.23 bits per heavy atom. The molecule has 39 heavy (non-hydrogen) atoms. The number of pyridine rings is 1. The van der Waals surface area contributed by atoms with Gasteiger partial charge in [-0.05, 0) is 31.4 Å². The predicted octanol–water partition coefficient (Wildman–Crippen LogP) is 1.83. The molecule has 2 saturated carbocycles. The first-order valence-corrected chi connectivity index (χ1v) is 12.3. The summed E-state index contributed by atoms with van der Waals surface area (Å²) in [5.74, 6) is 0.0210. The molecule has 2 aliphatic carbocycles. The number of primary amides is 1. The van der Waals surface area contributed by atoms with E-state index in [2.05, 4.69) is 30.4 Å². The molecule has 0 aromatic carbocycles. The van der Waals surface area contributed by atoms with Gasteiger partial charge in [-0.25, -0.2) is 28.5 Å². The van der Waals surface area contributed by atoms with E-state index in [0.717, 1.165) is 0 Å². The van der Waals surface area contributed by atoms with Gasteiger partial charge in [0, 0.05) is 42.1 Å². The third kappa shape index (κ3) is 3.97. The molecule has 0 saturated heterocycles. The van der Waals surface area contributed by atoms with Crippen molar-refractivity contribution in [2.24, 2.45) is 12.7 Å². The van der Waals surface area contributed by atoms with Crippen LogP contribution in [0.3, 0.4) is 0 Å². The lowest BCUT2D eigenvalue weighted by molar-refractivity contribution is -0.129. The van der Waals surface area contributed by atoms with E-state index in [-0.39, 0.29) is 54.2 Å². The number of carbonyl (C=O) groups is 2. The highest BCUT2D eigenvalue weighted by Crippen LogP contribution is 2.44. The van der Waals surface area contributed by atoms with E-state index in [1.54, 1.807) is 12.1 Å². The fourth-order valence-corrected chi connectivity index (χ4v) is 5.49. The average molecular weight is 542 g/mol. The zero-order valence-electron chi connectivity index (χ0n) is 24.8. The summed E-state index contributed by atoms with van der Waals surface area (Å²) >= 11 is 0. The number of nitrogens with two attached hydrogens (primary N) is 1. The van der Waals surface area contributed by atoms with Gasteiger partial charge in [0.15, 0.2) is 5.82 Å². The molecular formula is C25H28FN9O4. The maximum atomic E-state index is 13.8. The van der Waals surface area contributed by atoms with E-state index >= 15 is 0 Å². The number of carbonyl (C=O) groups excluding carboxylic acids is 2. The number of fused-ring (bicyclic) bond motifs is 2. The third-order valence-electron chi connectivity index (χ3n) is 7.53. The number of rotatable bonds is 6. The van der Waals surface area contributed by atoms with Gasteiger partial charge in [-0.3, -0.25) is 13.9 Å². The van der Waals surface area contributed by atoms with Gasteiger partial charge in [-0.15, -0.1) is 5.10 Å². The van der Waals surface area contributed by atoms with E-state index in [9.17, 15) is 18.8 Å². The van der Waals surface area contributed by atoms with Crippen LogP contribution in [0.5, 0.6) is 0 Å². The molecule has 0 radical (unpaired) electrons. The van der Waals surface area contributed by atoms with Crippen LogP contribution in [0.25, 0.3) is 16.6 Å². The monoisotopic (exact) mass is 541 g/mol. The van der Waals surface area contributed by atoms with Gasteiger partial charge in [0.1, 0.15) is 23.2 Å². The summed E-state index contributed by atoms with van der Waals surface area (Å²) in [5, 5.41) is 10.0. The molecule has 2 unspecified atom stereocenters. The molecule has 4 N–H and O–H groups in total. The van der Waals surface area contributed by atoms with Crippen LogP contribution in [-0.2, 0) is 21.9 Å². The summed E-state index contributed by atoms with van der Waals surface area (Å²) in [5.41, 5.74) is 4.42. The quantitative estimate of drug-likeness (QED) is 0.333. The number of alkyl halides is 1. The fourth-order valence-electron chi connectivity index (χ4n) is 5.49. The van der Waals surface area contributed by atoms with Crippen molar-refractivity contribution in [3.05, 3.63) is 46.9 Å². The van der Waals surface area contributed by atoms with Gasteiger partial charge in [-0.1, -0.05) is 0 Å². The number of nitrogens with zero attached hydrogens (tertiary/aromatic N) is 6. The third-order valence-corrected chi connectivity index (χ3v) is 7.53. The molecule has 2 amide bonds. The molecule has 4 heterocycles. The van der Waals surface area contributed by atoms with Crippen molar-refractivity contribution < 1.29 is 24.2 Å². The Bertz CT molecular complexity index is 1830. The second kappa shape index (κ2) is 9.06. The van der Waals surface area contributed by atoms with Crippen molar-refractivity contribution in [1.82, 2.24) is 34.0 Å². The van der Waals surface area contributed by atoms with Crippen LogP contribution in [0.1, 0.15) is 49.5 Å². The van der Waals surface area contributed by atoms with Crippen LogP contribution in [-0.4, -0.2) is 60.0 Å². The molecule has 0 aliphatic heterocycles. The van der Waals surface area contributed by atoms with Crippen molar-refractivity contribution in [2.75, 3.05) is 12.4 Å². The van der Waals surface area contributed by atoms with Gasteiger partial charge < -0.3 is 21.1 Å². The summed E-state index contributed by atoms with van der Waals surface area (Å²) in [6.45, 7) is -2.81. The smallest absolute Gasteiger partial charge is 0.407 e. The van der Waals surface area contributed by atoms with Gasteiger partial charge >= 0.3 is 11.8 Å². The molecule has 0 bridgehead atoms. The maximum Gasteiger partial charge on any atom is 0.407 e. The number of alkyl carbamates (subject to hydrolysis) is 1. The first-order valence-electron chi connectivity index (χ1n) is 14.3. The summed E-state index contributed by atoms with van der Waals surface area (Å²) < 4.78 is 54.4. The van der Waals surface area contributed by atoms with Crippen molar-refractivity contribution in [3.8, 4) is 0 Å². The maximum absolute atomic E-state index is 13.8. The largest absolute Gasteiger partial charge is 0.453 e. The lowest BCUT2D eigenvalue weighted by atomic mass is 9.66. The second-order valence-corrected chi connectivity index (χ2v) is 9.88. The number of hydrogen-bond donors (Lipinski definition) is 3. The van der Waals surface area contributed by atoms with E-state index < -0.39 is 48.3 Å². The normalized spacial score (nSPS) is 28.3. The number of hydrogen-bond acceptors (Lipinski definition) is 8. The van der Waals surface area contributed by atoms with Crippen molar-refractivity contribution >= 4 is 40.2 Å². The Morgan fingerprint density at radius 3 is 2.77 bits per heavy atom. The molecule has 2 atom stereocenters. The Hall–Kier alpha value is -4.49. The minimum absolute atomic E-state index is 0.0379. The minimum atomic E-state index is -2.81. The highest BCUT2D eigenvalue weighted by atomic mass is 19.1. The van der Waals surface area contributed by atoms with Gasteiger partial charge in [0.2, 0.25) is 5.91 Å². The Balaban J connectivity index is 1.38. The summed E-state index contributed by atoms with van der Waals surface area (Å²) in [4.78, 5) is 46.2. The molecular weight excluding hydrogens is 509 g/mol. The number of anilines is 2. The molecule has 0 spiro atoms. The minimum Gasteiger partial charge on any atom is -0.453 e. The average Bonchev–Trinajstić information content (AvgIpc) is 3.58. The Kier molecular flexibility index (Phi) is 4.76. The standard InChI is InChI=1S/C25H28FN9O4/c1-33-18-12-28-20(8-17(18)34(24(33)38)15-4-3-14(7-15)30-23(37)39-2)31-19-6-5-16-11-29-22(35(16)32-19)25(21(27)36)9-13(26)10-25/h5-6,8,11-15H,3-4,7,9-10H2,1-2H3,(H2,27,36)(H,30,37)(H,28,31,32)/i1D3,14D. The Labute approximate surface area is 226 Å². The fraction of sp³-hybridized carbons (Fsp3) is 0.440. The van der Waals surface area contributed by atoms with Crippen LogP contribution >= 0.6 is 0 Å². The van der Waals surface area contributed by atoms with Crippen LogP contribution in [0, 0.1) is 0 Å². The number of imidazole rings is 2. The summed E-state index contributed by atoms with van der Waals surface area (Å²) in [6.07, 6.45) is 1.20. The number of ether oxygens (including phenoxy) is 1. The number of methoxy groups -OCH3 is 1. The van der Waals surface area contributed by atoms with E-state index in [4.69, 9.17) is 11.2 Å². The van der Waals surface area contributed by atoms with Crippen LogP contribution in [0.15, 0.2) is 35.4 Å². The molecule has 6 rings (SSSR count). The summed E-state index contributed by atoms with van der Waals surface area (Å²) in [7, 11) is 1.18. The van der Waals surface area contributed by atoms with Gasteiger partial charge in [0.05, 0.1) is 37.4 Å². The SMILES string of the molecule is [2H]C1(NC(=O)OC)CCC(n2c(=O)n(C([2H])([2H])[2H])c3cnc(Nc4ccc5cnc(C6(C(N)=O)CC(F)C6)n5n4)cc32)C1. The van der Waals surface area contributed by atoms with Gasteiger partial charge in [-0.2, -0.15) is 0 Å². The highest BCUT2D eigenvalue weighted by molar-refractivity contribution is 5.87. The molecule has 4 aromatic heterocycles. The number of aromatic nitrogens is 6. The number of halogens is 1. The summed E-state index contributed by atoms with van der Waals surface area (Å²) in [6, 6.07) is 2.81. The van der Waals surface area contributed by atoms with E-state index in [1.807, 2.05) is 0 Å². The molecule has 4 aromatic rings. The molecule has 2 fully saturated rings. The zero-order valence-corrected chi connectivity index (χ0v) is 20.8. The second-order valence-electron chi connectivity index (χ2n) is 9.88. The molecule has 204 valence electrons. The van der Waals surface area contributed by atoms with Gasteiger partial charge in [0.25, 0.3) is 0 Å². The Morgan fingerprint density at radius 2 is 2.05 bits per heavy atom. The van der Waals surface area contributed by atoms with Crippen LogP contribution in [0.2, 0.25) is 0 Å². The van der Waals surface area contributed by atoms with Crippen molar-refractivity contribution in [3.63, 3.8) is 0 Å². The molecule has 14 heteroatoms. The molecule has 13 nitrogen and oxygen atoms in total. The lowest BCUT2D eigenvalue weighted by Crippen LogP contribution is -2.53. The zero-order chi connectivity index (χ0) is 30.9. The van der Waals surface area contributed by atoms with Crippen molar-refractivity contribution in [2.45, 2.75) is 55.8 Å².